The lowest BCUT2D eigenvalue weighted by molar-refractivity contribution is 0.650. The fourth-order valence-corrected chi connectivity index (χ4v) is 11.6. The third-order valence-corrected chi connectivity index (χ3v) is 14.9. The van der Waals surface area contributed by atoms with Gasteiger partial charge in [0, 0.05) is 50.5 Å². The summed E-state index contributed by atoms with van der Waals surface area (Å²) in [6.45, 7) is 0. The van der Waals surface area contributed by atoms with Crippen LogP contribution in [0.1, 0.15) is 22.3 Å². The highest BCUT2D eigenvalue weighted by Crippen LogP contribution is 2.60. The SMILES string of the molecule is [B]c1c([B])c([B])c2c(C3(c4cccc5c4oc4ccccc45)c4ccc(N(c5ccccc5)c5ccccc5)cc4-c4cc(N(c5ccccc5)c5ccc6ccccc6c5)ccc43)c([B])c([B])c([B])c2c1[B]. The number of nitrogens with zero attached hydrogens (tertiary/aromatic N) is 2. The lowest BCUT2D eigenvalue weighted by Crippen LogP contribution is -2.54. The lowest BCUT2D eigenvalue weighted by atomic mass is 9.54. The van der Waals surface area contributed by atoms with E-state index in [2.05, 4.69) is 186 Å². The van der Waals surface area contributed by atoms with Crippen molar-refractivity contribution in [2.24, 2.45) is 0 Å². The van der Waals surface area contributed by atoms with E-state index in [1.165, 1.54) is 0 Å². The number of hydrogen-bond donors (Lipinski definition) is 0. The maximum absolute atomic E-state index is 7.58. The van der Waals surface area contributed by atoms with Gasteiger partial charge in [0.25, 0.3) is 0 Å². The van der Waals surface area contributed by atoms with Gasteiger partial charge < -0.3 is 14.2 Å². The van der Waals surface area contributed by atoms with E-state index in [-0.39, 0.29) is 38.2 Å². The molecular formula is C63H35B7N2O. The Morgan fingerprint density at radius 3 is 1.36 bits per heavy atom. The van der Waals surface area contributed by atoms with Gasteiger partial charge >= 0.3 is 0 Å². The van der Waals surface area contributed by atoms with Gasteiger partial charge in [-0.25, -0.2) is 0 Å². The number of benzene rings is 11. The molecule has 12 aromatic rings. The average molecular weight is 912 g/mol. The molecule has 0 saturated carbocycles. The fraction of sp³-hybridized carbons (Fsp3) is 0.0159. The number of rotatable bonds is 8. The monoisotopic (exact) mass is 912 g/mol. The maximum Gasteiger partial charge on any atom is 0.140 e. The Bertz CT molecular complexity index is 4150. The van der Waals surface area contributed by atoms with Crippen LogP contribution in [0.25, 0.3) is 54.6 Å². The first-order chi connectivity index (χ1) is 35.6. The van der Waals surface area contributed by atoms with Crippen LogP contribution < -0.4 is 48.0 Å². The normalized spacial score (nSPS) is 13.9. The van der Waals surface area contributed by atoms with E-state index in [4.69, 9.17) is 59.3 Å². The summed E-state index contributed by atoms with van der Waals surface area (Å²) in [6, 6.07) is 73.7. The molecule has 73 heavy (non-hydrogen) atoms. The first-order valence-corrected chi connectivity index (χ1v) is 24.1. The molecule has 10 heteroatoms. The molecule has 0 N–H and O–H groups in total. The second-order valence-electron chi connectivity index (χ2n) is 18.7. The highest BCUT2D eigenvalue weighted by atomic mass is 16.3. The Balaban J connectivity index is 1.21. The van der Waals surface area contributed by atoms with E-state index in [1.807, 2.05) is 36.4 Å². The molecule has 14 radical (unpaired) electrons. The summed E-state index contributed by atoms with van der Waals surface area (Å²) < 4.78 is 7.05. The minimum Gasteiger partial charge on any atom is -0.456 e. The van der Waals surface area contributed by atoms with Crippen molar-refractivity contribution in [2.75, 3.05) is 9.80 Å². The second kappa shape index (κ2) is 17.2. The molecule has 0 spiro atoms. The van der Waals surface area contributed by atoms with Crippen LogP contribution in [0.4, 0.5) is 34.1 Å². The molecule has 13 rings (SSSR count). The van der Waals surface area contributed by atoms with Gasteiger partial charge in [0.2, 0.25) is 0 Å². The smallest absolute Gasteiger partial charge is 0.140 e. The second-order valence-corrected chi connectivity index (χ2v) is 18.7. The molecule has 0 aliphatic heterocycles. The molecule has 324 valence electrons. The summed E-state index contributed by atoms with van der Waals surface area (Å²) in [5, 5.41) is 4.97. The quantitative estimate of drug-likeness (QED) is 0.142. The van der Waals surface area contributed by atoms with Crippen molar-refractivity contribution in [2.45, 2.75) is 5.41 Å². The number of para-hydroxylation sites is 5. The number of fused-ring (bicyclic) bond motifs is 8. The Morgan fingerprint density at radius 2 is 0.767 bits per heavy atom. The zero-order chi connectivity index (χ0) is 49.7. The molecule has 3 nitrogen and oxygen atoms in total. The van der Waals surface area contributed by atoms with Crippen LogP contribution in [0, 0.1) is 0 Å². The minimum absolute atomic E-state index is 0.110. The highest BCUT2D eigenvalue weighted by molar-refractivity contribution is 6.71. The molecule has 1 heterocycles. The van der Waals surface area contributed by atoms with Crippen LogP contribution >= 0.6 is 0 Å². The topological polar surface area (TPSA) is 19.6 Å². The first kappa shape index (κ1) is 44.7. The summed E-state index contributed by atoms with van der Waals surface area (Å²) in [7, 11) is 49.5. The van der Waals surface area contributed by atoms with Crippen molar-refractivity contribution < 1.29 is 4.42 Å². The van der Waals surface area contributed by atoms with Gasteiger partial charge in [-0.05, 0) is 128 Å². The van der Waals surface area contributed by atoms with Gasteiger partial charge in [0.1, 0.15) is 66.1 Å². The van der Waals surface area contributed by atoms with Crippen molar-refractivity contribution in [1.29, 1.82) is 0 Å². The summed E-state index contributed by atoms with van der Waals surface area (Å²) in [5.74, 6) is 0. The summed E-state index contributed by atoms with van der Waals surface area (Å²) in [5.41, 5.74) is 11.9. The van der Waals surface area contributed by atoms with Crippen LogP contribution in [0.15, 0.2) is 217 Å². The zero-order valence-electron chi connectivity index (χ0n) is 39.6. The highest BCUT2D eigenvalue weighted by Gasteiger charge is 2.50. The molecule has 0 amide bonds. The number of anilines is 6. The van der Waals surface area contributed by atoms with Crippen molar-refractivity contribution in [3.8, 4) is 11.1 Å². The molecule has 0 bridgehead atoms. The summed E-state index contributed by atoms with van der Waals surface area (Å²) in [6.07, 6.45) is 0. The average Bonchev–Trinajstić information content (AvgIpc) is 3.95. The Labute approximate surface area is 433 Å². The van der Waals surface area contributed by atoms with Crippen LogP contribution in [0.3, 0.4) is 0 Å². The van der Waals surface area contributed by atoms with Crippen molar-refractivity contribution in [3.63, 3.8) is 0 Å². The van der Waals surface area contributed by atoms with E-state index < -0.39 is 5.41 Å². The van der Waals surface area contributed by atoms with Crippen LogP contribution in [0.5, 0.6) is 0 Å². The van der Waals surface area contributed by atoms with Crippen LogP contribution in [0.2, 0.25) is 0 Å². The van der Waals surface area contributed by atoms with E-state index >= 15 is 0 Å². The van der Waals surface area contributed by atoms with E-state index in [1.54, 1.807) is 0 Å². The third kappa shape index (κ3) is 6.69. The summed E-state index contributed by atoms with van der Waals surface area (Å²) >= 11 is 0. The molecule has 1 atom stereocenters. The standard InChI is InChI=1S/C63H35B7N2O/c64-55-52-53(57(66)61(70)60(55)69)56(65)59(68)58(67)54(52)63(50-25-14-24-45-44-23-12-13-26-51(44)73-62(45)50)48-31-29-42(71(38-17-4-1-5-18-38)39-19-6-2-7-20-39)34-46(48)47-35-43(30-32-49(47)63)72(40-21-8-3-9-22-40)41-28-27-36-15-10-11-16-37(36)33-41/h1-35H. The molecule has 11 aromatic carbocycles. The predicted molar refractivity (Wildman–Crippen MR) is 313 cm³/mol. The molecule has 1 aliphatic carbocycles. The Morgan fingerprint density at radius 1 is 0.315 bits per heavy atom. The first-order valence-electron chi connectivity index (χ1n) is 24.1. The molecule has 0 fully saturated rings. The van der Waals surface area contributed by atoms with Gasteiger partial charge in [-0.1, -0.05) is 155 Å². The van der Waals surface area contributed by atoms with Gasteiger partial charge in [0.05, 0.1) is 5.41 Å². The van der Waals surface area contributed by atoms with Gasteiger partial charge in [-0.15, -0.1) is 16.4 Å². The number of hydrogen-bond acceptors (Lipinski definition) is 3. The molecule has 1 aromatic heterocycles. The minimum atomic E-state index is -1.33. The van der Waals surface area contributed by atoms with Crippen LogP contribution in [-0.2, 0) is 5.41 Å². The molecule has 1 aliphatic rings. The predicted octanol–water partition coefficient (Wildman–Crippen LogP) is 8.75. The van der Waals surface area contributed by atoms with E-state index in [0.717, 1.165) is 89.1 Å². The third-order valence-electron chi connectivity index (χ3n) is 14.9. The van der Waals surface area contributed by atoms with Crippen LogP contribution in [-0.4, -0.2) is 54.9 Å². The van der Waals surface area contributed by atoms with E-state index in [9.17, 15) is 0 Å². The fourth-order valence-electron chi connectivity index (χ4n) is 11.6. The van der Waals surface area contributed by atoms with E-state index in [0.29, 0.717) is 21.9 Å². The lowest BCUT2D eigenvalue weighted by Gasteiger charge is -2.39. The molecule has 1 unspecified atom stereocenters. The van der Waals surface area contributed by atoms with Crippen molar-refractivity contribution >= 4 is 171 Å². The Kier molecular flexibility index (Phi) is 10.6. The zero-order valence-corrected chi connectivity index (χ0v) is 39.6. The van der Waals surface area contributed by atoms with Crippen molar-refractivity contribution in [3.05, 3.63) is 235 Å². The van der Waals surface area contributed by atoms with Gasteiger partial charge in [-0.2, -0.15) is 0 Å². The summed E-state index contributed by atoms with van der Waals surface area (Å²) in [4.78, 5) is 4.56. The Hall–Kier alpha value is -8.21. The molecular weight excluding hydrogens is 876 g/mol. The number of furan rings is 1. The van der Waals surface area contributed by atoms with Gasteiger partial charge in [-0.3, -0.25) is 0 Å². The molecule has 0 saturated heterocycles. The maximum atomic E-state index is 7.58. The largest absolute Gasteiger partial charge is 0.456 e. The van der Waals surface area contributed by atoms with Gasteiger partial charge in [0.15, 0.2) is 0 Å². The van der Waals surface area contributed by atoms with Crippen molar-refractivity contribution in [1.82, 2.24) is 0 Å².